The van der Waals surface area contributed by atoms with Crippen LogP contribution in [0.25, 0.3) is 11.0 Å². The summed E-state index contributed by atoms with van der Waals surface area (Å²) < 4.78 is 7.03. The largest absolute Gasteiger partial charge is 0.465 e. The van der Waals surface area contributed by atoms with E-state index in [2.05, 4.69) is 10.3 Å². The number of hydrogen-bond acceptors (Lipinski definition) is 4. The molecule has 2 aromatic rings. The highest BCUT2D eigenvalue weighted by molar-refractivity contribution is 5.82. The van der Waals surface area contributed by atoms with Crippen LogP contribution in [0.1, 0.15) is 13.8 Å². The van der Waals surface area contributed by atoms with Crippen LogP contribution in [0.5, 0.6) is 0 Å². The topological polar surface area (TPSA) is 66.1 Å². The summed E-state index contributed by atoms with van der Waals surface area (Å²) in [4.78, 5) is 16.1. The van der Waals surface area contributed by atoms with Crippen LogP contribution in [-0.2, 0) is 15.2 Å². The molecule has 0 saturated carbocycles. The first-order chi connectivity index (χ1) is 8.66. The molecule has 18 heavy (non-hydrogen) atoms. The van der Waals surface area contributed by atoms with Gasteiger partial charge in [-0.05, 0) is 26.0 Å². The average Bonchev–Trinajstić information content (AvgIpc) is 2.88. The van der Waals surface area contributed by atoms with Crippen molar-refractivity contribution in [2.75, 3.05) is 6.61 Å². The molecule has 0 unspecified atom stereocenters. The van der Waals surface area contributed by atoms with Crippen molar-refractivity contribution in [2.45, 2.75) is 25.6 Å². The Bertz CT molecular complexity index is 607. The lowest BCUT2D eigenvalue weighted by Gasteiger charge is -2.11. The van der Waals surface area contributed by atoms with Gasteiger partial charge in [0.25, 0.3) is 0 Å². The van der Waals surface area contributed by atoms with Crippen molar-refractivity contribution in [3.8, 4) is 0 Å². The van der Waals surface area contributed by atoms with Gasteiger partial charge in [-0.2, -0.15) is 0 Å². The molecule has 2 atom stereocenters. The van der Waals surface area contributed by atoms with Gasteiger partial charge in [0.15, 0.2) is 0 Å². The Balaban J connectivity index is 1.94. The smallest absolute Gasteiger partial charge is 0.327 e. The van der Waals surface area contributed by atoms with E-state index in [0.29, 0.717) is 6.61 Å². The van der Waals surface area contributed by atoms with Crippen LogP contribution >= 0.6 is 0 Å². The molecule has 94 valence electrons. The minimum Gasteiger partial charge on any atom is -0.465 e. The highest BCUT2D eigenvalue weighted by atomic mass is 16.5. The molecule has 0 radical (unpaired) electrons. The van der Waals surface area contributed by atoms with E-state index in [-0.39, 0.29) is 12.0 Å². The lowest BCUT2D eigenvalue weighted by atomic mass is 10.2. The normalized spacial score (nSPS) is 26.2. The van der Waals surface area contributed by atoms with E-state index in [0.717, 1.165) is 11.0 Å². The second-order valence-electron chi connectivity index (χ2n) is 4.58. The highest BCUT2D eigenvalue weighted by Gasteiger charge is 2.57. The average molecular weight is 245 g/mol. The Morgan fingerprint density at radius 1 is 1.56 bits per heavy atom. The fourth-order valence-electron chi connectivity index (χ4n) is 2.30. The van der Waals surface area contributed by atoms with Crippen LogP contribution < -0.4 is 5.32 Å². The molecule has 5 heteroatoms. The van der Waals surface area contributed by atoms with E-state index in [1.807, 2.05) is 42.7 Å². The van der Waals surface area contributed by atoms with E-state index < -0.39 is 5.66 Å². The summed E-state index contributed by atoms with van der Waals surface area (Å²) in [5.74, 6) is -0.210. The van der Waals surface area contributed by atoms with E-state index in [9.17, 15) is 4.79 Å². The molecule has 0 bridgehead atoms. The van der Waals surface area contributed by atoms with Crippen molar-refractivity contribution in [1.29, 1.82) is 0 Å². The summed E-state index contributed by atoms with van der Waals surface area (Å²) in [5.41, 5.74) is 1.51. The quantitative estimate of drug-likeness (QED) is 0.652. The SMILES string of the molecule is CCOC(=O)[C@H]1N[C@]1(C)n1cnc2ccccc21. The van der Waals surface area contributed by atoms with Crippen LogP contribution in [0.4, 0.5) is 0 Å². The van der Waals surface area contributed by atoms with Crippen molar-refractivity contribution in [2.24, 2.45) is 0 Å². The molecule has 3 rings (SSSR count). The zero-order valence-corrected chi connectivity index (χ0v) is 10.4. The molecule has 1 fully saturated rings. The Morgan fingerprint density at radius 2 is 2.33 bits per heavy atom. The third-order valence-corrected chi connectivity index (χ3v) is 3.39. The molecule has 1 N–H and O–H groups in total. The van der Waals surface area contributed by atoms with Crippen LogP contribution in [0, 0.1) is 0 Å². The third-order valence-electron chi connectivity index (χ3n) is 3.39. The number of hydrogen-bond donors (Lipinski definition) is 1. The van der Waals surface area contributed by atoms with Crippen LogP contribution in [0.15, 0.2) is 30.6 Å². The zero-order valence-electron chi connectivity index (χ0n) is 10.4. The van der Waals surface area contributed by atoms with Gasteiger partial charge in [-0.15, -0.1) is 0 Å². The minimum atomic E-state index is -0.428. The molecule has 5 nitrogen and oxygen atoms in total. The van der Waals surface area contributed by atoms with Gasteiger partial charge in [-0.3, -0.25) is 10.1 Å². The van der Waals surface area contributed by atoms with Crippen LogP contribution in [0.2, 0.25) is 0 Å². The zero-order chi connectivity index (χ0) is 12.8. The van der Waals surface area contributed by atoms with Crippen LogP contribution in [0.3, 0.4) is 0 Å². The molecule has 1 aromatic heterocycles. The predicted octanol–water partition coefficient (Wildman–Crippen LogP) is 1.24. The second-order valence-corrected chi connectivity index (χ2v) is 4.58. The van der Waals surface area contributed by atoms with Gasteiger partial charge >= 0.3 is 5.97 Å². The van der Waals surface area contributed by atoms with Gasteiger partial charge < -0.3 is 9.30 Å². The fraction of sp³-hybridized carbons (Fsp3) is 0.385. The van der Waals surface area contributed by atoms with Gasteiger partial charge in [-0.1, -0.05) is 12.1 Å². The summed E-state index contributed by atoms with van der Waals surface area (Å²) in [7, 11) is 0. The number of carbonyl (C=O) groups excluding carboxylic acids is 1. The van der Waals surface area contributed by atoms with Crippen molar-refractivity contribution in [1.82, 2.24) is 14.9 Å². The summed E-state index contributed by atoms with van der Waals surface area (Å²) >= 11 is 0. The number of carbonyl (C=O) groups is 1. The fourth-order valence-corrected chi connectivity index (χ4v) is 2.30. The monoisotopic (exact) mass is 245 g/mol. The number of nitrogens with zero attached hydrogens (tertiary/aromatic N) is 2. The standard InChI is InChI=1S/C13H15N3O2/c1-3-18-12(17)11-13(2,15-11)16-8-14-9-6-4-5-7-10(9)16/h4-8,11,15H,3H2,1-2H3/t11-,13-/m1/s1. The number of rotatable bonds is 3. The molecule has 0 spiro atoms. The van der Waals surface area contributed by atoms with Crippen molar-refractivity contribution >= 4 is 17.0 Å². The molecular formula is C13H15N3O2. The Labute approximate surface area is 105 Å². The van der Waals surface area contributed by atoms with Crippen LogP contribution in [-0.4, -0.2) is 28.2 Å². The van der Waals surface area contributed by atoms with Gasteiger partial charge in [0.1, 0.15) is 11.7 Å². The first-order valence-electron chi connectivity index (χ1n) is 6.03. The number of fused-ring (bicyclic) bond motifs is 1. The van der Waals surface area contributed by atoms with Gasteiger partial charge in [0.2, 0.25) is 0 Å². The minimum absolute atomic E-state index is 0.210. The number of aromatic nitrogens is 2. The van der Waals surface area contributed by atoms with E-state index in [4.69, 9.17) is 4.74 Å². The third kappa shape index (κ3) is 1.51. The number of imidazole rings is 1. The molecule has 0 aliphatic carbocycles. The Morgan fingerprint density at radius 3 is 3.11 bits per heavy atom. The maximum atomic E-state index is 11.7. The van der Waals surface area contributed by atoms with Gasteiger partial charge in [-0.25, -0.2) is 4.98 Å². The maximum absolute atomic E-state index is 11.7. The molecule has 2 heterocycles. The van der Waals surface area contributed by atoms with Gasteiger partial charge in [0, 0.05) is 0 Å². The second kappa shape index (κ2) is 3.81. The predicted molar refractivity (Wildman–Crippen MR) is 66.9 cm³/mol. The number of nitrogens with one attached hydrogen (secondary N) is 1. The number of esters is 1. The molecule has 1 aromatic carbocycles. The lowest BCUT2D eigenvalue weighted by molar-refractivity contribution is -0.143. The first-order valence-corrected chi connectivity index (χ1v) is 6.03. The summed E-state index contributed by atoms with van der Waals surface area (Å²) in [5, 5.41) is 3.17. The van der Waals surface area contributed by atoms with E-state index >= 15 is 0 Å². The molecular weight excluding hydrogens is 230 g/mol. The Hall–Kier alpha value is -1.88. The van der Waals surface area contributed by atoms with E-state index in [1.54, 1.807) is 6.33 Å². The van der Waals surface area contributed by atoms with Crippen molar-refractivity contribution < 1.29 is 9.53 Å². The number of ether oxygens (including phenoxy) is 1. The molecule has 1 saturated heterocycles. The summed E-state index contributed by atoms with van der Waals surface area (Å²) in [6.45, 7) is 4.19. The number of para-hydroxylation sites is 2. The van der Waals surface area contributed by atoms with Gasteiger partial charge in [0.05, 0.1) is 24.0 Å². The first kappa shape index (κ1) is 11.2. The van der Waals surface area contributed by atoms with Crippen molar-refractivity contribution in [3.63, 3.8) is 0 Å². The van der Waals surface area contributed by atoms with Crippen molar-refractivity contribution in [3.05, 3.63) is 30.6 Å². The molecule has 1 aliphatic rings. The number of benzene rings is 1. The highest BCUT2D eigenvalue weighted by Crippen LogP contribution is 2.35. The lowest BCUT2D eigenvalue weighted by Crippen LogP contribution is -2.23. The molecule has 0 amide bonds. The summed E-state index contributed by atoms with van der Waals surface area (Å²) in [6, 6.07) is 7.57. The molecule has 1 aliphatic heterocycles. The maximum Gasteiger partial charge on any atom is 0.327 e. The van der Waals surface area contributed by atoms with E-state index in [1.165, 1.54) is 0 Å². The Kier molecular flexibility index (Phi) is 2.38. The summed E-state index contributed by atoms with van der Waals surface area (Å²) in [6.07, 6.45) is 1.76.